The van der Waals surface area contributed by atoms with Crippen molar-refractivity contribution in [2.24, 2.45) is 15.7 Å². The maximum atomic E-state index is 9.79. The quantitative estimate of drug-likeness (QED) is 0.530. The Morgan fingerprint density at radius 1 is 1.33 bits per heavy atom. The zero-order valence-corrected chi connectivity index (χ0v) is 10.1. The second kappa shape index (κ2) is 4.44. The van der Waals surface area contributed by atoms with E-state index in [2.05, 4.69) is 15.3 Å². The monoisotopic (exact) mass is 249 g/mol. The number of hydrogen-bond acceptors (Lipinski definition) is 7. The van der Waals surface area contributed by atoms with Crippen LogP contribution in [-0.2, 0) is 0 Å². The summed E-state index contributed by atoms with van der Waals surface area (Å²) in [4.78, 5) is 9.85. The first kappa shape index (κ1) is 12.0. The molecule has 0 aliphatic carbocycles. The van der Waals surface area contributed by atoms with Crippen molar-refractivity contribution in [1.29, 1.82) is 0 Å². The van der Waals surface area contributed by atoms with Crippen LogP contribution in [0.2, 0.25) is 0 Å². The number of nitrogens with one attached hydrogen (secondary N) is 1. The van der Waals surface area contributed by atoms with Crippen LogP contribution in [0.1, 0.15) is 6.92 Å². The van der Waals surface area contributed by atoms with E-state index in [1.165, 1.54) is 6.07 Å². The first-order valence-corrected chi connectivity index (χ1v) is 5.42. The van der Waals surface area contributed by atoms with Gasteiger partial charge >= 0.3 is 0 Å². The molecule has 1 aliphatic heterocycles. The fourth-order valence-electron chi connectivity index (χ4n) is 1.66. The third-order valence-corrected chi connectivity index (χ3v) is 2.55. The SMILES string of the molecule is CC1N=C(N)NC(N(C)c2cccc(O)c2O)=N1. The lowest BCUT2D eigenvalue weighted by Gasteiger charge is -2.26. The number of rotatable bonds is 1. The molecule has 1 heterocycles. The van der Waals surface area contributed by atoms with Crippen molar-refractivity contribution < 1.29 is 10.2 Å². The molecule has 18 heavy (non-hydrogen) atoms. The van der Waals surface area contributed by atoms with E-state index >= 15 is 0 Å². The number of anilines is 1. The molecule has 96 valence electrons. The molecule has 1 unspecified atom stereocenters. The van der Waals surface area contributed by atoms with E-state index in [0.717, 1.165) is 0 Å². The summed E-state index contributed by atoms with van der Waals surface area (Å²) in [7, 11) is 1.70. The van der Waals surface area contributed by atoms with Gasteiger partial charge in [-0.15, -0.1) is 0 Å². The number of phenols is 2. The van der Waals surface area contributed by atoms with Crippen LogP contribution in [0.4, 0.5) is 5.69 Å². The van der Waals surface area contributed by atoms with Crippen LogP contribution in [0.3, 0.4) is 0 Å². The van der Waals surface area contributed by atoms with E-state index in [9.17, 15) is 10.2 Å². The van der Waals surface area contributed by atoms with E-state index in [1.807, 2.05) is 0 Å². The summed E-state index contributed by atoms with van der Waals surface area (Å²) in [5.41, 5.74) is 6.04. The molecule has 0 spiro atoms. The summed E-state index contributed by atoms with van der Waals surface area (Å²) < 4.78 is 0. The van der Waals surface area contributed by atoms with Crippen molar-refractivity contribution in [3.63, 3.8) is 0 Å². The van der Waals surface area contributed by atoms with E-state index in [0.29, 0.717) is 11.6 Å². The van der Waals surface area contributed by atoms with Crippen molar-refractivity contribution in [2.75, 3.05) is 11.9 Å². The summed E-state index contributed by atoms with van der Waals surface area (Å²) in [6.07, 6.45) is -0.289. The predicted octanol–water partition coefficient (Wildman–Crippen LogP) is 0.154. The summed E-state index contributed by atoms with van der Waals surface area (Å²) in [6.45, 7) is 1.80. The molecule has 1 aromatic rings. The number of nitrogens with two attached hydrogens (primary N) is 1. The number of aliphatic imine (C=N–C) groups is 2. The summed E-state index contributed by atoms with van der Waals surface area (Å²) in [5, 5.41) is 22.1. The van der Waals surface area contributed by atoms with Crippen molar-refractivity contribution >= 4 is 17.6 Å². The van der Waals surface area contributed by atoms with Crippen LogP contribution in [0, 0.1) is 0 Å². The fraction of sp³-hybridized carbons (Fsp3) is 0.273. The van der Waals surface area contributed by atoms with Gasteiger partial charge in [-0.3, -0.25) is 5.32 Å². The molecule has 1 aromatic carbocycles. The Labute approximate surface area is 104 Å². The minimum Gasteiger partial charge on any atom is -0.504 e. The van der Waals surface area contributed by atoms with Crippen LogP contribution in [0.25, 0.3) is 0 Å². The van der Waals surface area contributed by atoms with Gasteiger partial charge in [-0.2, -0.15) is 0 Å². The minimum absolute atomic E-state index is 0.189. The Bertz CT molecular complexity index is 526. The Morgan fingerprint density at radius 3 is 2.72 bits per heavy atom. The Hall–Kier alpha value is -2.44. The smallest absolute Gasteiger partial charge is 0.207 e. The van der Waals surface area contributed by atoms with Gasteiger partial charge in [-0.25, -0.2) is 9.98 Å². The molecule has 0 radical (unpaired) electrons. The van der Waals surface area contributed by atoms with Gasteiger partial charge in [-0.1, -0.05) is 6.07 Å². The summed E-state index contributed by atoms with van der Waals surface area (Å²) in [6, 6.07) is 4.69. The van der Waals surface area contributed by atoms with Gasteiger partial charge in [0.2, 0.25) is 5.96 Å². The van der Waals surface area contributed by atoms with E-state index < -0.39 is 0 Å². The van der Waals surface area contributed by atoms with Gasteiger partial charge in [0, 0.05) is 7.05 Å². The van der Waals surface area contributed by atoms with Crippen molar-refractivity contribution in [2.45, 2.75) is 13.1 Å². The molecule has 0 bridgehead atoms. The Kier molecular flexibility index (Phi) is 2.97. The standard InChI is InChI=1S/C11H15N5O2/c1-6-13-10(12)15-11(14-6)16(2)7-4-3-5-8(17)9(7)18/h3-6,17-18H,1-2H3,(H3,12,13,14,15). The van der Waals surface area contributed by atoms with Gasteiger partial charge in [0.1, 0.15) is 6.17 Å². The third-order valence-electron chi connectivity index (χ3n) is 2.55. The number of benzene rings is 1. The molecule has 0 saturated carbocycles. The number of nitrogens with zero attached hydrogens (tertiary/aromatic N) is 3. The van der Waals surface area contributed by atoms with Crippen molar-refractivity contribution in [3.8, 4) is 11.5 Å². The molecular formula is C11H15N5O2. The molecule has 1 atom stereocenters. The summed E-state index contributed by atoms with van der Waals surface area (Å²) >= 11 is 0. The van der Waals surface area contributed by atoms with E-state index in [-0.39, 0.29) is 23.6 Å². The number of phenolic OH excluding ortho intramolecular Hbond substituents is 2. The van der Waals surface area contributed by atoms with Gasteiger partial charge in [-0.05, 0) is 19.1 Å². The first-order valence-electron chi connectivity index (χ1n) is 5.42. The highest BCUT2D eigenvalue weighted by atomic mass is 16.3. The van der Waals surface area contributed by atoms with Crippen molar-refractivity contribution in [1.82, 2.24) is 5.32 Å². The van der Waals surface area contributed by atoms with Crippen LogP contribution < -0.4 is 16.0 Å². The molecule has 0 fully saturated rings. The number of guanidine groups is 2. The molecular weight excluding hydrogens is 234 g/mol. The molecule has 5 N–H and O–H groups in total. The lowest BCUT2D eigenvalue weighted by atomic mass is 10.2. The number of para-hydroxylation sites is 1. The minimum atomic E-state index is -0.289. The first-order chi connectivity index (χ1) is 8.49. The summed E-state index contributed by atoms with van der Waals surface area (Å²) in [5.74, 6) is 0.318. The second-order valence-electron chi connectivity index (χ2n) is 3.93. The van der Waals surface area contributed by atoms with Crippen molar-refractivity contribution in [3.05, 3.63) is 18.2 Å². The highest BCUT2D eigenvalue weighted by Crippen LogP contribution is 2.34. The molecule has 7 nitrogen and oxygen atoms in total. The maximum absolute atomic E-state index is 9.79. The van der Waals surface area contributed by atoms with E-state index in [4.69, 9.17) is 5.73 Å². The van der Waals surface area contributed by atoms with Crippen LogP contribution >= 0.6 is 0 Å². The van der Waals surface area contributed by atoms with E-state index in [1.54, 1.807) is 31.0 Å². The fourth-order valence-corrected chi connectivity index (χ4v) is 1.66. The Morgan fingerprint density at radius 2 is 2.06 bits per heavy atom. The average Bonchev–Trinajstić information content (AvgIpc) is 2.30. The van der Waals surface area contributed by atoms with Gasteiger partial charge in [0.05, 0.1) is 5.69 Å². The zero-order valence-electron chi connectivity index (χ0n) is 10.1. The van der Waals surface area contributed by atoms with Crippen LogP contribution in [-0.4, -0.2) is 35.3 Å². The highest BCUT2D eigenvalue weighted by molar-refractivity contribution is 6.07. The highest BCUT2D eigenvalue weighted by Gasteiger charge is 2.19. The number of aromatic hydroxyl groups is 2. The topological polar surface area (TPSA) is 106 Å². The molecule has 7 heteroatoms. The maximum Gasteiger partial charge on any atom is 0.207 e. The number of hydrogen-bond donors (Lipinski definition) is 4. The Balaban J connectivity index is 2.32. The van der Waals surface area contributed by atoms with Crippen LogP contribution in [0.15, 0.2) is 28.2 Å². The van der Waals surface area contributed by atoms with Gasteiger partial charge < -0.3 is 20.8 Å². The zero-order chi connectivity index (χ0) is 13.3. The van der Waals surface area contributed by atoms with Gasteiger partial charge in [0.25, 0.3) is 0 Å². The molecule has 2 rings (SSSR count). The third kappa shape index (κ3) is 2.15. The normalized spacial score (nSPS) is 18.7. The molecule has 1 aliphatic rings. The predicted molar refractivity (Wildman–Crippen MR) is 69.8 cm³/mol. The lowest BCUT2D eigenvalue weighted by molar-refractivity contribution is 0.404. The molecule has 0 saturated heterocycles. The second-order valence-corrected chi connectivity index (χ2v) is 3.93. The molecule has 0 amide bonds. The van der Waals surface area contributed by atoms with Gasteiger partial charge in [0.15, 0.2) is 17.5 Å². The average molecular weight is 249 g/mol. The molecule has 0 aromatic heterocycles. The lowest BCUT2D eigenvalue weighted by Crippen LogP contribution is -2.48. The van der Waals surface area contributed by atoms with Crippen LogP contribution in [0.5, 0.6) is 11.5 Å². The largest absolute Gasteiger partial charge is 0.504 e.